The highest BCUT2D eigenvalue weighted by Crippen LogP contribution is 2.20. The van der Waals surface area contributed by atoms with Crippen molar-refractivity contribution < 1.29 is 33.8 Å². The van der Waals surface area contributed by atoms with Gasteiger partial charge in [-0.3, -0.25) is 9.59 Å². The van der Waals surface area contributed by atoms with E-state index in [4.69, 9.17) is 14.6 Å². The first kappa shape index (κ1) is 17.8. The molecule has 8 nitrogen and oxygen atoms in total. The van der Waals surface area contributed by atoms with Gasteiger partial charge in [0, 0.05) is 12.6 Å². The molecule has 1 aliphatic heterocycles. The normalized spacial score (nSPS) is 18.5. The number of amides is 1. The lowest BCUT2D eigenvalue weighted by atomic mass is 9.88. The third kappa shape index (κ3) is 4.14. The van der Waals surface area contributed by atoms with Gasteiger partial charge in [-0.25, -0.2) is 9.59 Å². The molecule has 0 aromatic rings. The van der Waals surface area contributed by atoms with Crippen LogP contribution in [0.2, 0.25) is 0 Å². The molecule has 8 heteroatoms. The Morgan fingerprint density at radius 2 is 2.05 bits per heavy atom. The molecule has 1 amide bonds. The molecule has 0 saturated carbocycles. The van der Waals surface area contributed by atoms with Crippen molar-refractivity contribution in [3.8, 4) is 0 Å². The summed E-state index contributed by atoms with van der Waals surface area (Å²) >= 11 is 0. The Balaban J connectivity index is 2.81. The first-order chi connectivity index (χ1) is 10.2. The fraction of sp³-hybridized carbons (Fsp3) is 0.571. The number of hydrogen-bond acceptors (Lipinski definition) is 6. The van der Waals surface area contributed by atoms with Crippen molar-refractivity contribution in [1.82, 2.24) is 4.90 Å². The maximum Gasteiger partial charge on any atom is 0.330 e. The summed E-state index contributed by atoms with van der Waals surface area (Å²) in [6, 6.07) is -1.20. The van der Waals surface area contributed by atoms with Crippen LogP contribution in [0, 0.1) is 5.41 Å². The zero-order valence-electron chi connectivity index (χ0n) is 12.5. The highest BCUT2D eigenvalue weighted by Gasteiger charge is 2.41. The van der Waals surface area contributed by atoms with Crippen molar-refractivity contribution >= 4 is 23.6 Å². The van der Waals surface area contributed by atoms with Crippen LogP contribution in [-0.2, 0) is 28.7 Å². The average molecular weight is 313 g/mol. The molecule has 0 radical (unpaired) electrons. The second-order valence-electron chi connectivity index (χ2n) is 5.45. The lowest BCUT2D eigenvalue weighted by Crippen LogP contribution is -2.56. The van der Waals surface area contributed by atoms with Gasteiger partial charge in [-0.2, -0.15) is 0 Å². The van der Waals surface area contributed by atoms with E-state index in [1.54, 1.807) is 0 Å². The molecule has 0 unspecified atom stereocenters. The average Bonchev–Trinajstić information content (AvgIpc) is 2.51. The van der Waals surface area contributed by atoms with Gasteiger partial charge in [0.05, 0.1) is 18.6 Å². The molecule has 0 aliphatic carbocycles. The minimum Gasteiger partial charge on any atom is -0.480 e. The number of ketones is 1. The Morgan fingerprint density at radius 1 is 1.41 bits per heavy atom. The number of carbonyl (C=O) groups is 4. The number of aliphatic carboxylic acids is 1. The molecule has 1 saturated heterocycles. The molecule has 1 rings (SSSR count). The minimum atomic E-state index is -1.27. The van der Waals surface area contributed by atoms with E-state index < -0.39 is 35.1 Å². The van der Waals surface area contributed by atoms with Crippen LogP contribution in [0.1, 0.15) is 13.8 Å². The molecule has 0 spiro atoms. The Morgan fingerprint density at radius 3 is 2.59 bits per heavy atom. The third-order valence-corrected chi connectivity index (χ3v) is 3.23. The summed E-state index contributed by atoms with van der Waals surface area (Å²) in [7, 11) is 0. The quantitative estimate of drug-likeness (QED) is 0.404. The van der Waals surface area contributed by atoms with Crippen LogP contribution in [0.5, 0.6) is 0 Å². The standard InChI is InChI=1S/C14H19NO7/c1-4-10(16)22-8-14(2,3)11(17)12(18)15-5-6-21-7-9(15)13(19)20/h4,9H,1,5-8H2,2-3H3,(H,19,20)/t9-/m0/s1. The van der Waals surface area contributed by atoms with E-state index in [0.29, 0.717) is 0 Å². The topological polar surface area (TPSA) is 110 Å². The lowest BCUT2D eigenvalue weighted by molar-refractivity contribution is -0.164. The van der Waals surface area contributed by atoms with Crippen LogP contribution >= 0.6 is 0 Å². The summed E-state index contributed by atoms with van der Waals surface area (Å²) in [6.07, 6.45) is 0.949. The number of hydrogen-bond donors (Lipinski definition) is 1. The van der Waals surface area contributed by atoms with Gasteiger partial charge in [-0.15, -0.1) is 0 Å². The van der Waals surface area contributed by atoms with Gasteiger partial charge in [-0.05, 0) is 13.8 Å². The molecule has 0 aromatic heterocycles. The summed E-state index contributed by atoms with van der Waals surface area (Å²) in [6.45, 7) is 5.83. The first-order valence-corrected chi connectivity index (χ1v) is 6.66. The Kier molecular flexibility index (Phi) is 5.81. The summed E-state index contributed by atoms with van der Waals surface area (Å²) in [5.41, 5.74) is -1.27. The van der Waals surface area contributed by atoms with E-state index in [1.165, 1.54) is 13.8 Å². The lowest BCUT2D eigenvalue weighted by Gasteiger charge is -2.34. The Hall–Kier alpha value is -2.22. The van der Waals surface area contributed by atoms with E-state index in [2.05, 4.69) is 6.58 Å². The highest BCUT2D eigenvalue weighted by molar-refractivity contribution is 6.38. The van der Waals surface area contributed by atoms with E-state index in [-0.39, 0.29) is 26.4 Å². The van der Waals surface area contributed by atoms with E-state index in [9.17, 15) is 19.2 Å². The number of carbonyl (C=O) groups excluding carboxylic acids is 3. The molecule has 1 aliphatic rings. The SMILES string of the molecule is C=CC(=O)OCC(C)(C)C(=O)C(=O)N1CCOC[C@H]1C(=O)O. The number of carboxylic acids is 1. The fourth-order valence-corrected chi connectivity index (χ4v) is 1.85. The molecule has 1 fully saturated rings. The van der Waals surface area contributed by atoms with Crippen molar-refractivity contribution in [3.05, 3.63) is 12.7 Å². The number of nitrogens with zero attached hydrogens (tertiary/aromatic N) is 1. The van der Waals surface area contributed by atoms with Gasteiger partial charge in [0.1, 0.15) is 6.61 Å². The Bertz CT molecular complexity index is 497. The van der Waals surface area contributed by atoms with E-state index >= 15 is 0 Å². The second kappa shape index (κ2) is 7.17. The van der Waals surface area contributed by atoms with Crippen molar-refractivity contribution in [2.24, 2.45) is 5.41 Å². The number of esters is 1. The predicted molar refractivity (Wildman–Crippen MR) is 73.9 cm³/mol. The molecule has 0 aromatic carbocycles. The van der Waals surface area contributed by atoms with Crippen LogP contribution in [0.15, 0.2) is 12.7 Å². The summed E-state index contributed by atoms with van der Waals surface area (Å²) in [5.74, 6) is -3.69. The first-order valence-electron chi connectivity index (χ1n) is 6.66. The Labute approximate surface area is 127 Å². The summed E-state index contributed by atoms with van der Waals surface area (Å²) in [5, 5.41) is 9.08. The van der Waals surface area contributed by atoms with Crippen LogP contribution in [0.3, 0.4) is 0 Å². The minimum absolute atomic E-state index is 0.0179. The van der Waals surface area contributed by atoms with Crippen LogP contribution in [0.4, 0.5) is 0 Å². The van der Waals surface area contributed by atoms with E-state index in [0.717, 1.165) is 11.0 Å². The van der Waals surface area contributed by atoms with E-state index in [1.807, 2.05) is 0 Å². The zero-order chi connectivity index (χ0) is 16.9. The van der Waals surface area contributed by atoms with Crippen LogP contribution < -0.4 is 0 Å². The van der Waals surface area contributed by atoms with Gasteiger partial charge >= 0.3 is 11.9 Å². The molecule has 1 heterocycles. The van der Waals surface area contributed by atoms with Gasteiger partial charge < -0.3 is 19.5 Å². The maximum atomic E-state index is 12.3. The maximum absolute atomic E-state index is 12.3. The summed E-state index contributed by atoms with van der Waals surface area (Å²) < 4.78 is 9.82. The molecule has 22 heavy (non-hydrogen) atoms. The number of ether oxygens (including phenoxy) is 2. The molecule has 0 bridgehead atoms. The summed E-state index contributed by atoms with van der Waals surface area (Å²) in [4.78, 5) is 47.7. The number of morpholine rings is 1. The van der Waals surface area contributed by atoms with Gasteiger partial charge in [-0.1, -0.05) is 6.58 Å². The smallest absolute Gasteiger partial charge is 0.330 e. The molecule has 1 N–H and O–H groups in total. The van der Waals surface area contributed by atoms with Gasteiger partial charge in [0.2, 0.25) is 5.78 Å². The number of Topliss-reactive ketones (excluding diaryl/α,β-unsaturated/α-hetero) is 1. The van der Waals surface area contributed by atoms with Crippen LogP contribution in [0.25, 0.3) is 0 Å². The third-order valence-electron chi connectivity index (χ3n) is 3.23. The van der Waals surface area contributed by atoms with Crippen molar-refractivity contribution in [1.29, 1.82) is 0 Å². The fourth-order valence-electron chi connectivity index (χ4n) is 1.85. The van der Waals surface area contributed by atoms with Gasteiger partial charge in [0.25, 0.3) is 5.91 Å². The molecular formula is C14H19NO7. The number of rotatable bonds is 6. The van der Waals surface area contributed by atoms with Crippen molar-refractivity contribution in [2.75, 3.05) is 26.4 Å². The molecule has 1 atom stereocenters. The number of carboxylic acid groups (broad SMARTS) is 1. The zero-order valence-corrected chi connectivity index (χ0v) is 12.5. The predicted octanol–water partition coefficient (Wildman–Crippen LogP) is -0.377. The molecular weight excluding hydrogens is 294 g/mol. The largest absolute Gasteiger partial charge is 0.480 e. The van der Waals surface area contributed by atoms with Crippen molar-refractivity contribution in [2.45, 2.75) is 19.9 Å². The molecule has 122 valence electrons. The monoisotopic (exact) mass is 313 g/mol. The second-order valence-corrected chi connectivity index (χ2v) is 5.45. The van der Waals surface area contributed by atoms with Gasteiger partial charge in [0.15, 0.2) is 6.04 Å². The highest BCUT2D eigenvalue weighted by atomic mass is 16.5. The van der Waals surface area contributed by atoms with Crippen LogP contribution in [-0.4, -0.2) is 66.0 Å². The van der Waals surface area contributed by atoms with Crippen molar-refractivity contribution in [3.63, 3.8) is 0 Å².